The Balaban J connectivity index is 1.90. The number of fused-ring (bicyclic) bond motifs is 1. The van der Waals surface area contributed by atoms with Crippen molar-refractivity contribution in [2.45, 2.75) is 25.4 Å². The van der Waals surface area contributed by atoms with Crippen molar-refractivity contribution in [2.75, 3.05) is 18.0 Å². The molecule has 1 amide bonds. The molecular weight excluding hydrogens is 424 g/mol. The number of carbonyl (C=O) groups is 1. The first kappa shape index (κ1) is 21.0. The third-order valence-corrected chi connectivity index (χ3v) is 6.01. The van der Waals surface area contributed by atoms with Crippen LogP contribution >= 0.6 is 11.6 Å². The largest absolute Gasteiger partial charge is 0.465 e. The molecule has 3 heterocycles. The van der Waals surface area contributed by atoms with E-state index in [9.17, 15) is 14.4 Å². The van der Waals surface area contributed by atoms with Crippen molar-refractivity contribution in [3.63, 3.8) is 0 Å². The van der Waals surface area contributed by atoms with Crippen molar-refractivity contribution < 1.29 is 9.90 Å². The van der Waals surface area contributed by atoms with E-state index in [1.165, 1.54) is 11.6 Å². The van der Waals surface area contributed by atoms with Crippen LogP contribution in [0.15, 0.2) is 33.9 Å². The minimum atomic E-state index is -1.08. The Labute approximate surface area is 182 Å². The molecule has 164 valence electrons. The first-order valence-electron chi connectivity index (χ1n) is 9.92. The first-order valence-corrected chi connectivity index (χ1v) is 10.3. The van der Waals surface area contributed by atoms with Crippen LogP contribution in [0.1, 0.15) is 18.4 Å². The summed E-state index contributed by atoms with van der Waals surface area (Å²) in [6, 6.07) is 7.08. The molecule has 2 aromatic heterocycles. The van der Waals surface area contributed by atoms with Gasteiger partial charge in [-0.05, 0) is 24.5 Å². The molecule has 1 aliphatic heterocycles. The molecule has 0 bridgehead atoms. The van der Waals surface area contributed by atoms with Crippen molar-refractivity contribution in [3.8, 4) is 0 Å². The van der Waals surface area contributed by atoms with Gasteiger partial charge >= 0.3 is 11.8 Å². The maximum atomic E-state index is 13.1. The Kier molecular flexibility index (Phi) is 5.48. The second kappa shape index (κ2) is 8.10. The highest BCUT2D eigenvalue weighted by Crippen LogP contribution is 2.26. The predicted molar refractivity (Wildman–Crippen MR) is 117 cm³/mol. The molecule has 4 rings (SSSR count). The van der Waals surface area contributed by atoms with Gasteiger partial charge in [-0.15, -0.1) is 0 Å². The molecule has 1 aromatic carbocycles. The third kappa shape index (κ3) is 3.78. The van der Waals surface area contributed by atoms with Crippen molar-refractivity contribution in [2.24, 2.45) is 14.1 Å². The summed E-state index contributed by atoms with van der Waals surface area (Å²) in [5, 5.41) is 12.2. The molecule has 10 nitrogen and oxygen atoms in total. The van der Waals surface area contributed by atoms with Gasteiger partial charge in [-0.1, -0.05) is 29.8 Å². The average molecular weight is 447 g/mol. The van der Waals surface area contributed by atoms with Crippen molar-refractivity contribution in [1.29, 1.82) is 0 Å². The summed E-state index contributed by atoms with van der Waals surface area (Å²) < 4.78 is 4.17. The van der Waals surface area contributed by atoms with E-state index in [2.05, 4.69) is 10.3 Å². The Morgan fingerprint density at radius 3 is 2.71 bits per heavy atom. The SMILES string of the molecule is Cn1c(=O)c2c(nc(N3CCCC(NC(=O)O)C3)n2Cc2ccccc2Cl)n(C)c1=O. The number of nitrogens with zero attached hydrogens (tertiary/aromatic N) is 5. The lowest BCUT2D eigenvalue weighted by Gasteiger charge is -2.33. The lowest BCUT2D eigenvalue weighted by molar-refractivity contribution is 0.188. The van der Waals surface area contributed by atoms with Crippen LogP contribution in [0.5, 0.6) is 0 Å². The number of nitrogens with one attached hydrogen (secondary N) is 1. The third-order valence-electron chi connectivity index (χ3n) is 5.65. The van der Waals surface area contributed by atoms with E-state index in [-0.39, 0.29) is 18.2 Å². The molecular formula is C20H23ClN6O4. The molecule has 1 unspecified atom stereocenters. The fraction of sp³-hybridized carbons (Fsp3) is 0.400. The number of anilines is 1. The molecule has 0 aliphatic carbocycles. The molecule has 0 spiro atoms. The zero-order valence-corrected chi connectivity index (χ0v) is 18.0. The summed E-state index contributed by atoms with van der Waals surface area (Å²) in [4.78, 5) is 43.2. The number of amides is 1. The maximum absolute atomic E-state index is 13.1. The number of aromatic nitrogens is 4. The first-order chi connectivity index (χ1) is 14.8. The second-order valence-electron chi connectivity index (χ2n) is 7.70. The minimum absolute atomic E-state index is 0.258. The molecule has 0 radical (unpaired) electrons. The smallest absolute Gasteiger partial charge is 0.404 e. The van der Waals surface area contributed by atoms with E-state index in [0.29, 0.717) is 36.0 Å². The van der Waals surface area contributed by atoms with Gasteiger partial charge in [0.05, 0.1) is 6.54 Å². The van der Waals surface area contributed by atoms with Gasteiger partial charge in [0.1, 0.15) is 0 Å². The lowest BCUT2D eigenvalue weighted by Crippen LogP contribution is -2.48. The number of imidazole rings is 1. The number of benzene rings is 1. The number of hydrogen-bond donors (Lipinski definition) is 2. The molecule has 2 N–H and O–H groups in total. The van der Waals surface area contributed by atoms with Crippen molar-refractivity contribution in [3.05, 3.63) is 55.7 Å². The average Bonchev–Trinajstić information content (AvgIpc) is 3.11. The molecule has 1 aliphatic rings. The Morgan fingerprint density at radius 1 is 1.26 bits per heavy atom. The topological polar surface area (TPSA) is 114 Å². The summed E-state index contributed by atoms with van der Waals surface area (Å²) >= 11 is 6.38. The Hall–Kier alpha value is -3.27. The number of carboxylic acid groups (broad SMARTS) is 1. The Bertz CT molecular complexity index is 1280. The number of aryl methyl sites for hydroxylation is 1. The summed E-state index contributed by atoms with van der Waals surface area (Å²) in [5.41, 5.74) is 0.478. The van der Waals surface area contributed by atoms with Gasteiger partial charge in [0.2, 0.25) is 5.95 Å². The van der Waals surface area contributed by atoms with Gasteiger partial charge in [0.25, 0.3) is 5.56 Å². The van der Waals surface area contributed by atoms with Gasteiger partial charge in [-0.2, -0.15) is 4.98 Å². The van der Waals surface area contributed by atoms with Crippen LogP contribution in [0.25, 0.3) is 11.2 Å². The normalized spacial score (nSPS) is 16.6. The maximum Gasteiger partial charge on any atom is 0.404 e. The molecule has 1 atom stereocenters. The van der Waals surface area contributed by atoms with Crippen LogP contribution in [0.2, 0.25) is 5.02 Å². The monoisotopic (exact) mass is 446 g/mol. The van der Waals surface area contributed by atoms with E-state index in [4.69, 9.17) is 16.7 Å². The van der Waals surface area contributed by atoms with Crippen LogP contribution in [-0.4, -0.2) is 49.0 Å². The van der Waals surface area contributed by atoms with Crippen LogP contribution < -0.4 is 21.5 Å². The fourth-order valence-corrected chi connectivity index (χ4v) is 4.27. The van der Waals surface area contributed by atoms with E-state index in [0.717, 1.165) is 16.6 Å². The highest BCUT2D eigenvalue weighted by Gasteiger charge is 2.28. The van der Waals surface area contributed by atoms with Gasteiger partial charge in [0, 0.05) is 38.2 Å². The van der Waals surface area contributed by atoms with Crippen LogP contribution in [0.3, 0.4) is 0 Å². The molecule has 11 heteroatoms. The van der Waals surface area contributed by atoms with Crippen LogP contribution in [0.4, 0.5) is 10.7 Å². The molecule has 3 aromatic rings. The van der Waals surface area contributed by atoms with Crippen molar-refractivity contribution >= 4 is 34.8 Å². The lowest BCUT2D eigenvalue weighted by atomic mass is 10.1. The Morgan fingerprint density at radius 2 is 2.00 bits per heavy atom. The predicted octanol–water partition coefficient (Wildman–Crippen LogP) is 1.37. The molecule has 0 saturated carbocycles. The number of rotatable bonds is 4. The van der Waals surface area contributed by atoms with Crippen LogP contribution in [-0.2, 0) is 20.6 Å². The molecule has 1 fully saturated rings. The van der Waals surface area contributed by atoms with E-state index < -0.39 is 17.3 Å². The fourth-order valence-electron chi connectivity index (χ4n) is 4.07. The standard InChI is InChI=1S/C20H23ClN6O4/c1-24-16-15(17(28)25(2)20(24)31)27(10-12-6-3-4-8-14(12)21)18(23-16)26-9-5-7-13(11-26)22-19(29)30/h3-4,6,8,13,22H,5,7,9-11H2,1-2H3,(H,29,30). The number of piperidine rings is 1. The molecule has 31 heavy (non-hydrogen) atoms. The summed E-state index contributed by atoms with van der Waals surface area (Å²) in [5.74, 6) is 0.505. The van der Waals surface area contributed by atoms with E-state index >= 15 is 0 Å². The summed E-state index contributed by atoms with van der Waals surface area (Å²) in [7, 11) is 3.01. The zero-order valence-electron chi connectivity index (χ0n) is 17.2. The second-order valence-corrected chi connectivity index (χ2v) is 8.11. The van der Waals surface area contributed by atoms with Gasteiger partial charge < -0.3 is 15.3 Å². The number of halogens is 1. The van der Waals surface area contributed by atoms with Crippen LogP contribution in [0, 0.1) is 0 Å². The van der Waals surface area contributed by atoms with Crippen molar-refractivity contribution in [1.82, 2.24) is 24.0 Å². The van der Waals surface area contributed by atoms with E-state index in [1.54, 1.807) is 17.7 Å². The summed E-state index contributed by atoms with van der Waals surface area (Å²) in [6.45, 7) is 1.34. The van der Waals surface area contributed by atoms with Gasteiger partial charge in [-0.25, -0.2) is 9.59 Å². The van der Waals surface area contributed by atoms with Gasteiger partial charge in [0.15, 0.2) is 11.2 Å². The highest BCUT2D eigenvalue weighted by atomic mass is 35.5. The number of hydrogen-bond acceptors (Lipinski definition) is 5. The van der Waals surface area contributed by atoms with Gasteiger partial charge in [-0.3, -0.25) is 18.5 Å². The minimum Gasteiger partial charge on any atom is -0.465 e. The summed E-state index contributed by atoms with van der Waals surface area (Å²) in [6.07, 6.45) is 0.401. The molecule has 1 saturated heterocycles. The van der Waals surface area contributed by atoms with E-state index in [1.807, 2.05) is 23.1 Å². The quantitative estimate of drug-likeness (QED) is 0.625. The zero-order chi connectivity index (χ0) is 22.3. The highest BCUT2D eigenvalue weighted by molar-refractivity contribution is 6.31.